The van der Waals surface area contributed by atoms with Crippen LogP contribution in [0.4, 0.5) is 0 Å². The molecule has 0 aromatic heterocycles. The predicted molar refractivity (Wildman–Crippen MR) is 67.5 cm³/mol. The van der Waals surface area contributed by atoms with Gasteiger partial charge in [-0.3, -0.25) is 0 Å². The highest BCUT2D eigenvalue weighted by Gasteiger charge is 2.52. The summed E-state index contributed by atoms with van der Waals surface area (Å²) >= 11 is 0. The fourth-order valence-corrected chi connectivity index (χ4v) is 5.08. The molecule has 4 saturated carbocycles. The fourth-order valence-electron chi connectivity index (χ4n) is 5.08. The smallest absolute Gasteiger partial charge is 0.0445 e. The molecule has 4 bridgehead atoms. The summed E-state index contributed by atoms with van der Waals surface area (Å²) in [6, 6.07) is 0.260. The lowest BCUT2D eigenvalue weighted by Crippen LogP contribution is -2.54. The molecular weight excluding hydrogens is 222 g/mol. The average molecular weight is 246 g/mol. The van der Waals surface area contributed by atoms with E-state index in [2.05, 4.69) is 0 Å². The molecule has 16 heavy (non-hydrogen) atoms. The van der Waals surface area contributed by atoms with Gasteiger partial charge in [0.05, 0.1) is 0 Å². The zero-order valence-electron chi connectivity index (χ0n) is 9.90. The van der Waals surface area contributed by atoms with Crippen LogP contribution in [0.2, 0.25) is 0 Å². The zero-order valence-corrected chi connectivity index (χ0v) is 10.7. The summed E-state index contributed by atoms with van der Waals surface area (Å²) in [4.78, 5) is 0. The molecule has 0 saturated heterocycles. The van der Waals surface area contributed by atoms with Crippen LogP contribution in [-0.2, 0) is 0 Å². The number of hydrogen-bond donors (Lipinski definition) is 2. The Morgan fingerprint density at radius 3 is 1.88 bits per heavy atom. The van der Waals surface area contributed by atoms with E-state index in [1.807, 2.05) is 0 Å². The lowest BCUT2D eigenvalue weighted by molar-refractivity contribution is -0.0699. The van der Waals surface area contributed by atoms with Gasteiger partial charge in [-0.2, -0.15) is 0 Å². The number of hydrogen-bond acceptors (Lipinski definition) is 2. The Morgan fingerprint density at radius 2 is 1.50 bits per heavy atom. The minimum absolute atomic E-state index is 0. The Morgan fingerprint density at radius 1 is 1.06 bits per heavy atom. The van der Waals surface area contributed by atoms with Crippen molar-refractivity contribution in [1.29, 1.82) is 0 Å². The van der Waals surface area contributed by atoms with E-state index in [9.17, 15) is 0 Å². The molecule has 3 heteroatoms. The summed E-state index contributed by atoms with van der Waals surface area (Å²) < 4.78 is 0. The van der Waals surface area contributed by atoms with Gasteiger partial charge < -0.3 is 10.8 Å². The lowest BCUT2D eigenvalue weighted by atomic mass is 9.47. The van der Waals surface area contributed by atoms with Crippen molar-refractivity contribution in [3.8, 4) is 0 Å². The SMILES string of the molecule is Cl.NC(CCO)C12CC3CC(CC(C3)C1)C2. The van der Waals surface area contributed by atoms with Gasteiger partial charge in [0.25, 0.3) is 0 Å². The molecule has 4 aliphatic rings. The van der Waals surface area contributed by atoms with E-state index < -0.39 is 0 Å². The van der Waals surface area contributed by atoms with Crippen molar-refractivity contribution in [1.82, 2.24) is 0 Å². The number of halogens is 1. The van der Waals surface area contributed by atoms with Crippen LogP contribution in [0.5, 0.6) is 0 Å². The Kier molecular flexibility index (Phi) is 3.54. The highest BCUT2D eigenvalue weighted by atomic mass is 35.5. The molecule has 4 rings (SSSR count). The molecule has 0 amide bonds. The number of aliphatic hydroxyl groups excluding tert-OH is 1. The summed E-state index contributed by atoms with van der Waals surface area (Å²) in [7, 11) is 0. The van der Waals surface area contributed by atoms with Gasteiger partial charge in [0.1, 0.15) is 0 Å². The van der Waals surface area contributed by atoms with Gasteiger partial charge in [-0.15, -0.1) is 12.4 Å². The first-order chi connectivity index (χ1) is 7.22. The summed E-state index contributed by atoms with van der Waals surface area (Å²) in [6.07, 6.45) is 9.33. The summed E-state index contributed by atoms with van der Waals surface area (Å²) in [5.41, 5.74) is 6.75. The van der Waals surface area contributed by atoms with Gasteiger partial charge in [0, 0.05) is 12.6 Å². The molecule has 0 aliphatic heterocycles. The lowest BCUT2D eigenvalue weighted by Gasteiger charge is -2.59. The van der Waals surface area contributed by atoms with Crippen molar-refractivity contribution < 1.29 is 5.11 Å². The van der Waals surface area contributed by atoms with Gasteiger partial charge in [0.2, 0.25) is 0 Å². The standard InChI is InChI=1S/C13H23NO.ClH/c14-12(1-2-15)13-6-9-3-10(7-13)5-11(4-9)8-13;/h9-12,15H,1-8,14H2;1H. The van der Waals surface area contributed by atoms with E-state index in [1.54, 1.807) is 0 Å². The topological polar surface area (TPSA) is 46.2 Å². The van der Waals surface area contributed by atoms with Crippen LogP contribution < -0.4 is 5.73 Å². The van der Waals surface area contributed by atoms with Crippen molar-refractivity contribution in [2.24, 2.45) is 28.9 Å². The van der Waals surface area contributed by atoms with Crippen molar-refractivity contribution in [3.05, 3.63) is 0 Å². The first kappa shape index (κ1) is 12.7. The van der Waals surface area contributed by atoms with Crippen molar-refractivity contribution in [3.63, 3.8) is 0 Å². The molecule has 0 spiro atoms. The first-order valence-electron chi connectivity index (χ1n) is 6.58. The van der Waals surface area contributed by atoms with Crippen LogP contribution in [0.3, 0.4) is 0 Å². The van der Waals surface area contributed by atoms with Crippen molar-refractivity contribution >= 4 is 12.4 Å². The van der Waals surface area contributed by atoms with E-state index >= 15 is 0 Å². The van der Waals surface area contributed by atoms with E-state index in [0.29, 0.717) is 5.41 Å². The van der Waals surface area contributed by atoms with E-state index in [-0.39, 0.29) is 25.1 Å². The normalized spacial score (nSPS) is 46.5. The second kappa shape index (κ2) is 4.47. The molecular formula is C13H24ClNO. The van der Waals surface area contributed by atoms with E-state index in [4.69, 9.17) is 10.8 Å². The summed E-state index contributed by atoms with van der Waals surface area (Å²) in [5, 5.41) is 9.06. The van der Waals surface area contributed by atoms with Crippen molar-refractivity contribution in [2.75, 3.05) is 6.61 Å². The highest BCUT2D eigenvalue weighted by molar-refractivity contribution is 5.85. The molecule has 0 radical (unpaired) electrons. The largest absolute Gasteiger partial charge is 0.396 e. The minimum Gasteiger partial charge on any atom is -0.396 e. The molecule has 0 aromatic rings. The van der Waals surface area contributed by atoms with E-state index in [0.717, 1.165) is 24.2 Å². The maximum atomic E-state index is 9.06. The van der Waals surface area contributed by atoms with Gasteiger partial charge >= 0.3 is 0 Å². The van der Waals surface area contributed by atoms with Gasteiger partial charge in [0.15, 0.2) is 0 Å². The predicted octanol–water partition coefficient (Wildman–Crippen LogP) is 2.33. The van der Waals surface area contributed by atoms with Gasteiger partial charge in [-0.1, -0.05) is 0 Å². The number of nitrogens with two attached hydrogens (primary N) is 1. The maximum absolute atomic E-state index is 9.06. The Bertz CT molecular complexity index is 221. The molecule has 4 aliphatic carbocycles. The van der Waals surface area contributed by atoms with Crippen LogP contribution >= 0.6 is 12.4 Å². The third kappa shape index (κ3) is 1.89. The average Bonchev–Trinajstić information content (AvgIpc) is 2.15. The molecule has 0 aromatic carbocycles. The fraction of sp³-hybridized carbons (Fsp3) is 1.00. The second-order valence-electron chi connectivity index (χ2n) is 6.40. The Labute approximate surface area is 104 Å². The van der Waals surface area contributed by atoms with Crippen LogP contribution in [0, 0.1) is 23.2 Å². The van der Waals surface area contributed by atoms with E-state index in [1.165, 1.54) is 38.5 Å². The van der Waals surface area contributed by atoms with Gasteiger partial charge in [-0.25, -0.2) is 0 Å². The minimum atomic E-state index is 0. The number of aliphatic hydroxyl groups is 1. The maximum Gasteiger partial charge on any atom is 0.0445 e. The third-order valence-corrected chi connectivity index (χ3v) is 5.31. The highest BCUT2D eigenvalue weighted by Crippen LogP contribution is 2.61. The quantitative estimate of drug-likeness (QED) is 0.802. The summed E-state index contributed by atoms with van der Waals surface area (Å²) in [6.45, 7) is 0.267. The molecule has 2 nitrogen and oxygen atoms in total. The molecule has 1 atom stereocenters. The molecule has 1 unspecified atom stereocenters. The van der Waals surface area contributed by atoms with Crippen LogP contribution in [0.15, 0.2) is 0 Å². The number of rotatable bonds is 3. The first-order valence-corrected chi connectivity index (χ1v) is 6.58. The van der Waals surface area contributed by atoms with Gasteiger partial charge in [-0.05, 0) is 68.1 Å². The van der Waals surface area contributed by atoms with Crippen LogP contribution in [0.1, 0.15) is 44.9 Å². The molecule has 0 heterocycles. The monoisotopic (exact) mass is 245 g/mol. The molecule has 4 fully saturated rings. The molecule has 94 valence electrons. The van der Waals surface area contributed by atoms with Crippen LogP contribution in [-0.4, -0.2) is 17.8 Å². The Balaban J connectivity index is 0.000000963. The second-order valence-corrected chi connectivity index (χ2v) is 6.40. The summed E-state index contributed by atoms with van der Waals surface area (Å²) in [5.74, 6) is 2.92. The zero-order chi connectivity index (χ0) is 10.5. The van der Waals surface area contributed by atoms with Crippen molar-refractivity contribution in [2.45, 2.75) is 51.0 Å². The van der Waals surface area contributed by atoms with Crippen LogP contribution in [0.25, 0.3) is 0 Å². The Hall–Kier alpha value is 0.210. The molecule has 3 N–H and O–H groups in total. The third-order valence-electron chi connectivity index (χ3n) is 5.31.